The molecule has 3 aromatic rings. The number of hydrogen-bond acceptors (Lipinski definition) is 2. The standard InChI is InChI=1S/C20H21N3O/c24-20(13-7-12-17-8-3-1-4-9-17)21-19-14-15-23(22-19)16-18-10-5-2-6-11-18/h1-6,8-11,14-15H,7,12-13,16H2,(H,21,22,24). The van der Waals surface area contributed by atoms with Crippen LogP contribution in [0.4, 0.5) is 5.82 Å². The molecule has 1 N–H and O–H groups in total. The smallest absolute Gasteiger partial charge is 0.225 e. The lowest BCUT2D eigenvalue weighted by atomic mass is 10.1. The fourth-order valence-electron chi connectivity index (χ4n) is 2.59. The SMILES string of the molecule is O=C(CCCc1ccccc1)Nc1ccn(Cc2ccccc2)n1. The van der Waals surface area contributed by atoms with Crippen LogP contribution in [0.25, 0.3) is 0 Å². The molecule has 4 heteroatoms. The first-order valence-corrected chi connectivity index (χ1v) is 8.21. The van der Waals surface area contributed by atoms with Crippen molar-refractivity contribution in [2.45, 2.75) is 25.8 Å². The van der Waals surface area contributed by atoms with Crippen LogP contribution in [0.5, 0.6) is 0 Å². The third kappa shape index (κ3) is 4.81. The largest absolute Gasteiger partial charge is 0.309 e. The summed E-state index contributed by atoms with van der Waals surface area (Å²) in [7, 11) is 0. The Hall–Kier alpha value is -2.88. The second-order valence-corrected chi connectivity index (χ2v) is 5.77. The number of amides is 1. The Kier molecular flexibility index (Phi) is 5.40. The number of carbonyl (C=O) groups is 1. The molecule has 122 valence electrons. The Bertz CT molecular complexity index is 766. The zero-order chi connectivity index (χ0) is 16.6. The first kappa shape index (κ1) is 16.0. The van der Waals surface area contributed by atoms with E-state index in [2.05, 4.69) is 34.7 Å². The minimum absolute atomic E-state index is 0.0101. The highest BCUT2D eigenvalue weighted by Gasteiger charge is 2.05. The van der Waals surface area contributed by atoms with Crippen molar-refractivity contribution in [1.82, 2.24) is 9.78 Å². The van der Waals surface area contributed by atoms with Crippen molar-refractivity contribution in [3.63, 3.8) is 0 Å². The summed E-state index contributed by atoms with van der Waals surface area (Å²) in [4.78, 5) is 12.0. The molecule has 24 heavy (non-hydrogen) atoms. The fraction of sp³-hybridized carbons (Fsp3) is 0.200. The average molecular weight is 319 g/mol. The van der Waals surface area contributed by atoms with Crippen LogP contribution >= 0.6 is 0 Å². The van der Waals surface area contributed by atoms with Gasteiger partial charge in [0.05, 0.1) is 6.54 Å². The van der Waals surface area contributed by atoms with Gasteiger partial charge in [-0.15, -0.1) is 0 Å². The maximum absolute atomic E-state index is 12.0. The van der Waals surface area contributed by atoms with Gasteiger partial charge in [-0.3, -0.25) is 9.48 Å². The zero-order valence-corrected chi connectivity index (χ0v) is 13.6. The molecule has 1 heterocycles. The zero-order valence-electron chi connectivity index (χ0n) is 13.6. The van der Waals surface area contributed by atoms with E-state index in [4.69, 9.17) is 0 Å². The molecule has 0 aliphatic heterocycles. The van der Waals surface area contributed by atoms with Crippen LogP contribution in [-0.2, 0) is 17.8 Å². The summed E-state index contributed by atoms with van der Waals surface area (Å²) in [6.07, 6.45) is 4.13. The third-order valence-electron chi connectivity index (χ3n) is 3.81. The number of nitrogens with one attached hydrogen (secondary N) is 1. The van der Waals surface area contributed by atoms with Gasteiger partial charge in [0.25, 0.3) is 0 Å². The number of nitrogens with zero attached hydrogens (tertiary/aromatic N) is 2. The lowest BCUT2D eigenvalue weighted by Crippen LogP contribution is -2.12. The molecule has 1 amide bonds. The lowest BCUT2D eigenvalue weighted by molar-refractivity contribution is -0.116. The van der Waals surface area contributed by atoms with Gasteiger partial charge < -0.3 is 5.32 Å². The molecule has 0 bridgehead atoms. The molecule has 0 radical (unpaired) electrons. The molecule has 0 atom stereocenters. The van der Waals surface area contributed by atoms with E-state index in [1.165, 1.54) is 11.1 Å². The normalized spacial score (nSPS) is 10.5. The number of anilines is 1. The lowest BCUT2D eigenvalue weighted by Gasteiger charge is -2.03. The maximum atomic E-state index is 12.0. The molecule has 1 aromatic heterocycles. The molecule has 0 aliphatic rings. The van der Waals surface area contributed by atoms with E-state index in [0.29, 0.717) is 18.8 Å². The van der Waals surface area contributed by atoms with Crippen LogP contribution < -0.4 is 5.32 Å². The van der Waals surface area contributed by atoms with Crippen LogP contribution in [0.2, 0.25) is 0 Å². The van der Waals surface area contributed by atoms with Crippen molar-refractivity contribution in [3.8, 4) is 0 Å². The van der Waals surface area contributed by atoms with Crippen LogP contribution in [0.15, 0.2) is 72.9 Å². The minimum Gasteiger partial charge on any atom is -0.309 e. The number of rotatable bonds is 7. The number of benzene rings is 2. The summed E-state index contributed by atoms with van der Waals surface area (Å²) >= 11 is 0. The minimum atomic E-state index is 0.0101. The number of aromatic nitrogens is 2. The second-order valence-electron chi connectivity index (χ2n) is 5.77. The van der Waals surface area contributed by atoms with Gasteiger partial charge >= 0.3 is 0 Å². The quantitative estimate of drug-likeness (QED) is 0.718. The van der Waals surface area contributed by atoms with Gasteiger partial charge in [0.15, 0.2) is 5.82 Å². The average Bonchev–Trinajstić information content (AvgIpc) is 3.03. The molecule has 0 saturated carbocycles. The monoisotopic (exact) mass is 319 g/mol. The van der Waals surface area contributed by atoms with Crippen molar-refractivity contribution >= 4 is 11.7 Å². The Morgan fingerprint density at radius 2 is 1.58 bits per heavy atom. The highest BCUT2D eigenvalue weighted by Crippen LogP contribution is 2.09. The summed E-state index contributed by atoms with van der Waals surface area (Å²) in [6, 6.07) is 22.2. The van der Waals surface area contributed by atoms with Gasteiger partial charge in [0.1, 0.15) is 0 Å². The van der Waals surface area contributed by atoms with E-state index in [1.807, 2.05) is 53.3 Å². The molecule has 0 saturated heterocycles. The van der Waals surface area contributed by atoms with Gasteiger partial charge in [-0.05, 0) is 24.0 Å². The maximum Gasteiger partial charge on any atom is 0.225 e. The van der Waals surface area contributed by atoms with Crippen molar-refractivity contribution in [2.75, 3.05) is 5.32 Å². The van der Waals surface area contributed by atoms with Crippen molar-refractivity contribution in [2.24, 2.45) is 0 Å². The van der Waals surface area contributed by atoms with E-state index >= 15 is 0 Å². The predicted octanol–water partition coefficient (Wildman–Crippen LogP) is 3.89. The highest BCUT2D eigenvalue weighted by molar-refractivity contribution is 5.89. The third-order valence-corrected chi connectivity index (χ3v) is 3.81. The number of aryl methyl sites for hydroxylation is 1. The molecule has 4 nitrogen and oxygen atoms in total. The molecule has 3 rings (SSSR count). The highest BCUT2D eigenvalue weighted by atomic mass is 16.1. The van der Waals surface area contributed by atoms with E-state index in [0.717, 1.165) is 12.8 Å². The first-order valence-electron chi connectivity index (χ1n) is 8.21. The number of hydrogen-bond donors (Lipinski definition) is 1. The van der Waals surface area contributed by atoms with Crippen molar-refractivity contribution in [3.05, 3.63) is 84.1 Å². The van der Waals surface area contributed by atoms with Crippen LogP contribution in [0.1, 0.15) is 24.0 Å². The number of carbonyl (C=O) groups excluding carboxylic acids is 1. The first-order chi connectivity index (χ1) is 11.8. The van der Waals surface area contributed by atoms with E-state index in [1.54, 1.807) is 0 Å². The van der Waals surface area contributed by atoms with Gasteiger partial charge in [-0.25, -0.2) is 0 Å². The molecular formula is C20H21N3O. The predicted molar refractivity (Wildman–Crippen MR) is 95.8 cm³/mol. The topological polar surface area (TPSA) is 46.9 Å². The molecular weight excluding hydrogens is 298 g/mol. The Morgan fingerprint density at radius 3 is 2.29 bits per heavy atom. The summed E-state index contributed by atoms with van der Waals surface area (Å²) < 4.78 is 1.83. The summed E-state index contributed by atoms with van der Waals surface area (Å²) in [6.45, 7) is 0.699. The summed E-state index contributed by atoms with van der Waals surface area (Å²) in [5, 5.41) is 7.26. The summed E-state index contributed by atoms with van der Waals surface area (Å²) in [5.41, 5.74) is 2.44. The van der Waals surface area contributed by atoms with Crippen LogP contribution in [-0.4, -0.2) is 15.7 Å². The summed E-state index contributed by atoms with van der Waals surface area (Å²) in [5.74, 6) is 0.617. The molecule has 0 spiro atoms. The van der Waals surface area contributed by atoms with Crippen LogP contribution in [0, 0.1) is 0 Å². The Labute approximate surface area is 142 Å². The van der Waals surface area contributed by atoms with Gasteiger partial charge in [0, 0.05) is 18.7 Å². The van der Waals surface area contributed by atoms with Crippen molar-refractivity contribution < 1.29 is 4.79 Å². The molecule has 0 fully saturated rings. The van der Waals surface area contributed by atoms with E-state index in [9.17, 15) is 4.79 Å². The van der Waals surface area contributed by atoms with E-state index < -0.39 is 0 Å². The van der Waals surface area contributed by atoms with Crippen LogP contribution in [0.3, 0.4) is 0 Å². The Balaban J connectivity index is 1.45. The molecule has 0 aliphatic carbocycles. The van der Waals surface area contributed by atoms with Crippen molar-refractivity contribution in [1.29, 1.82) is 0 Å². The molecule has 0 unspecified atom stereocenters. The van der Waals surface area contributed by atoms with Gasteiger partial charge in [-0.1, -0.05) is 60.7 Å². The second kappa shape index (κ2) is 8.11. The Morgan fingerprint density at radius 1 is 0.917 bits per heavy atom. The fourth-order valence-corrected chi connectivity index (χ4v) is 2.59. The van der Waals surface area contributed by atoms with Gasteiger partial charge in [-0.2, -0.15) is 5.10 Å². The van der Waals surface area contributed by atoms with Gasteiger partial charge in [0.2, 0.25) is 5.91 Å². The van der Waals surface area contributed by atoms with E-state index in [-0.39, 0.29) is 5.91 Å². The molecule has 2 aromatic carbocycles.